The summed E-state index contributed by atoms with van der Waals surface area (Å²) in [7, 11) is 0. The van der Waals surface area contributed by atoms with E-state index in [-0.39, 0.29) is 0 Å². The maximum atomic E-state index is 5.91. The number of rotatable bonds is 3. The van der Waals surface area contributed by atoms with E-state index in [9.17, 15) is 0 Å². The zero-order chi connectivity index (χ0) is 11.5. The minimum absolute atomic E-state index is 0.552. The molecule has 1 aromatic carbocycles. The van der Waals surface area contributed by atoms with Gasteiger partial charge in [0.05, 0.1) is 14.4 Å². The lowest BCUT2D eigenvalue weighted by molar-refractivity contribution is 1.19. The highest BCUT2D eigenvalue weighted by atomic mass is 35.5. The minimum Gasteiger partial charge on any atom is -0.380 e. The molecule has 84 valence electrons. The van der Waals surface area contributed by atoms with E-state index in [2.05, 4.69) is 5.32 Å². The van der Waals surface area contributed by atoms with Crippen LogP contribution < -0.4 is 5.32 Å². The first-order valence-electron chi connectivity index (χ1n) is 4.58. The lowest BCUT2D eigenvalue weighted by atomic mass is 10.3. The molecule has 5 heteroatoms. The van der Waals surface area contributed by atoms with Gasteiger partial charge in [-0.25, -0.2) is 0 Å². The summed E-state index contributed by atoms with van der Waals surface area (Å²) in [6.45, 7) is 0.731. The van der Waals surface area contributed by atoms with Crippen LogP contribution in [0.1, 0.15) is 4.88 Å². The van der Waals surface area contributed by atoms with E-state index in [0.717, 1.165) is 16.6 Å². The van der Waals surface area contributed by atoms with Crippen molar-refractivity contribution in [3.05, 3.63) is 49.6 Å². The molecule has 0 saturated carbocycles. The molecule has 0 amide bonds. The fraction of sp³-hybridized carbons (Fsp3) is 0.0909. The normalized spacial score (nSPS) is 10.4. The molecular weight excluding hydrogens is 285 g/mol. The Morgan fingerprint density at radius 2 is 1.81 bits per heavy atom. The molecule has 1 heterocycles. The standard InChI is InChI=1S/C11H8Cl3NS/c12-9-3-1-7(5-10(9)13)15-6-8-2-4-11(14)16-8/h1-5,15H,6H2. The summed E-state index contributed by atoms with van der Waals surface area (Å²) < 4.78 is 0.797. The predicted molar refractivity (Wildman–Crippen MR) is 73.1 cm³/mol. The Morgan fingerprint density at radius 3 is 2.44 bits per heavy atom. The first-order valence-corrected chi connectivity index (χ1v) is 6.53. The Balaban J connectivity index is 2.02. The molecule has 0 radical (unpaired) electrons. The topological polar surface area (TPSA) is 12.0 Å². The second-order valence-corrected chi connectivity index (χ2v) is 5.80. The van der Waals surface area contributed by atoms with Crippen LogP contribution in [-0.4, -0.2) is 0 Å². The number of hydrogen-bond donors (Lipinski definition) is 1. The second-order valence-electron chi connectivity index (χ2n) is 3.19. The number of thiophene rings is 1. The van der Waals surface area contributed by atoms with Crippen LogP contribution in [0.2, 0.25) is 14.4 Å². The van der Waals surface area contributed by atoms with Crippen LogP contribution in [0.3, 0.4) is 0 Å². The number of anilines is 1. The molecule has 16 heavy (non-hydrogen) atoms. The molecule has 0 bridgehead atoms. The molecule has 2 rings (SSSR count). The van der Waals surface area contributed by atoms with Crippen LogP contribution in [0, 0.1) is 0 Å². The highest BCUT2D eigenvalue weighted by Gasteiger charge is 2.01. The van der Waals surface area contributed by atoms with Gasteiger partial charge >= 0.3 is 0 Å². The summed E-state index contributed by atoms with van der Waals surface area (Å²) in [5.41, 5.74) is 0.943. The molecule has 1 nitrogen and oxygen atoms in total. The van der Waals surface area contributed by atoms with Gasteiger partial charge in [0.1, 0.15) is 0 Å². The van der Waals surface area contributed by atoms with Crippen molar-refractivity contribution in [3.8, 4) is 0 Å². The summed E-state index contributed by atoms with van der Waals surface area (Å²) in [6, 6.07) is 9.35. The van der Waals surface area contributed by atoms with Gasteiger partial charge in [0.15, 0.2) is 0 Å². The number of hydrogen-bond acceptors (Lipinski definition) is 2. The van der Waals surface area contributed by atoms with Gasteiger partial charge in [-0.15, -0.1) is 11.3 Å². The molecule has 0 atom stereocenters. The van der Waals surface area contributed by atoms with Gasteiger partial charge in [0, 0.05) is 17.1 Å². The fourth-order valence-electron chi connectivity index (χ4n) is 1.24. The van der Waals surface area contributed by atoms with Gasteiger partial charge in [-0.05, 0) is 30.3 Å². The maximum absolute atomic E-state index is 5.91. The van der Waals surface area contributed by atoms with Gasteiger partial charge in [-0.1, -0.05) is 34.8 Å². The molecule has 0 aliphatic carbocycles. The van der Waals surface area contributed by atoms with Crippen molar-refractivity contribution in [1.29, 1.82) is 0 Å². The third-order valence-corrected chi connectivity index (χ3v) is 3.99. The molecule has 0 aliphatic rings. The van der Waals surface area contributed by atoms with Gasteiger partial charge in [-0.2, -0.15) is 0 Å². The van der Waals surface area contributed by atoms with Crippen LogP contribution in [0.25, 0.3) is 0 Å². The first-order chi connectivity index (χ1) is 7.65. The molecule has 0 unspecified atom stereocenters. The number of halogens is 3. The molecule has 1 aromatic heterocycles. The Labute approximate surface area is 113 Å². The maximum Gasteiger partial charge on any atom is 0.0931 e. The summed E-state index contributed by atoms with van der Waals surface area (Å²) in [5, 5.41) is 4.36. The monoisotopic (exact) mass is 291 g/mol. The Kier molecular flexibility index (Phi) is 3.98. The van der Waals surface area contributed by atoms with Gasteiger partial charge in [0.2, 0.25) is 0 Å². The van der Waals surface area contributed by atoms with Crippen molar-refractivity contribution >= 4 is 51.8 Å². The van der Waals surface area contributed by atoms with E-state index in [1.165, 1.54) is 4.88 Å². The van der Waals surface area contributed by atoms with Gasteiger partial charge in [0.25, 0.3) is 0 Å². The third-order valence-electron chi connectivity index (χ3n) is 2.02. The molecular formula is C11H8Cl3NS. The predicted octanol–water partition coefficient (Wildman–Crippen LogP) is 5.32. The van der Waals surface area contributed by atoms with Crippen LogP contribution in [0.4, 0.5) is 5.69 Å². The Hall–Kier alpha value is -0.410. The molecule has 0 spiro atoms. The van der Waals surface area contributed by atoms with E-state index in [0.29, 0.717) is 10.0 Å². The third kappa shape index (κ3) is 3.05. The van der Waals surface area contributed by atoms with E-state index in [1.807, 2.05) is 18.2 Å². The van der Waals surface area contributed by atoms with Crippen LogP contribution in [0.5, 0.6) is 0 Å². The summed E-state index contributed by atoms with van der Waals surface area (Å²) >= 11 is 19.1. The summed E-state index contributed by atoms with van der Waals surface area (Å²) in [5.74, 6) is 0. The smallest absolute Gasteiger partial charge is 0.0931 e. The quantitative estimate of drug-likeness (QED) is 0.807. The van der Waals surface area contributed by atoms with Crippen molar-refractivity contribution in [2.24, 2.45) is 0 Å². The molecule has 0 aliphatic heterocycles. The Morgan fingerprint density at radius 1 is 1.00 bits per heavy atom. The van der Waals surface area contributed by atoms with E-state index in [1.54, 1.807) is 23.5 Å². The Bertz CT molecular complexity index is 496. The van der Waals surface area contributed by atoms with Gasteiger partial charge < -0.3 is 5.32 Å². The van der Waals surface area contributed by atoms with Crippen molar-refractivity contribution in [3.63, 3.8) is 0 Å². The van der Waals surface area contributed by atoms with Crippen LogP contribution in [0.15, 0.2) is 30.3 Å². The highest BCUT2D eigenvalue weighted by Crippen LogP contribution is 2.26. The van der Waals surface area contributed by atoms with Crippen LogP contribution in [-0.2, 0) is 6.54 Å². The fourth-order valence-corrected chi connectivity index (χ4v) is 2.57. The number of benzene rings is 1. The molecule has 0 fully saturated rings. The lowest BCUT2D eigenvalue weighted by Crippen LogP contribution is -1.96. The number of nitrogens with one attached hydrogen (secondary N) is 1. The van der Waals surface area contributed by atoms with Crippen molar-refractivity contribution in [1.82, 2.24) is 0 Å². The molecule has 2 aromatic rings. The van der Waals surface area contributed by atoms with Crippen LogP contribution >= 0.6 is 46.1 Å². The average molecular weight is 293 g/mol. The second kappa shape index (κ2) is 5.28. The SMILES string of the molecule is Clc1ccc(CNc2ccc(Cl)c(Cl)c2)s1. The zero-order valence-corrected chi connectivity index (χ0v) is 11.2. The summed E-state index contributed by atoms with van der Waals surface area (Å²) in [6.07, 6.45) is 0. The van der Waals surface area contributed by atoms with E-state index < -0.39 is 0 Å². The first kappa shape index (κ1) is 12.1. The molecule has 0 saturated heterocycles. The largest absolute Gasteiger partial charge is 0.380 e. The highest BCUT2D eigenvalue weighted by molar-refractivity contribution is 7.16. The van der Waals surface area contributed by atoms with Gasteiger partial charge in [-0.3, -0.25) is 0 Å². The van der Waals surface area contributed by atoms with E-state index >= 15 is 0 Å². The summed E-state index contributed by atoms with van der Waals surface area (Å²) in [4.78, 5) is 1.18. The zero-order valence-electron chi connectivity index (χ0n) is 8.14. The van der Waals surface area contributed by atoms with E-state index in [4.69, 9.17) is 34.8 Å². The molecule has 1 N–H and O–H groups in total. The van der Waals surface area contributed by atoms with Crippen molar-refractivity contribution in [2.45, 2.75) is 6.54 Å². The average Bonchev–Trinajstić information content (AvgIpc) is 2.66. The van der Waals surface area contributed by atoms with Crippen molar-refractivity contribution in [2.75, 3.05) is 5.32 Å². The lowest BCUT2D eigenvalue weighted by Gasteiger charge is -2.05. The van der Waals surface area contributed by atoms with Crippen molar-refractivity contribution < 1.29 is 0 Å². The minimum atomic E-state index is 0.552.